The Kier molecular flexibility index (Phi) is 5.88. The van der Waals surface area contributed by atoms with E-state index in [1.165, 1.54) is 13.3 Å². The lowest BCUT2D eigenvalue weighted by Crippen LogP contribution is -2.11. The van der Waals surface area contributed by atoms with Crippen LogP contribution in [0.4, 0.5) is 19.1 Å². The van der Waals surface area contributed by atoms with Crippen molar-refractivity contribution < 1.29 is 23.0 Å². The van der Waals surface area contributed by atoms with Crippen LogP contribution in [-0.4, -0.2) is 28.4 Å². The number of methoxy groups -OCH3 is 1. The van der Waals surface area contributed by atoms with Gasteiger partial charge in [-0.3, -0.25) is 0 Å². The minimum absolute atomic E-state index is 0.0471. The summed E-state index contributed by atoms with van der Waals surface area (Å²) < 4.78 is 44.7. The molecule has 29 heavy (non-hydrogen) atoms. The van der Waals surface area contributed by atoms with E-state index < -0.39 is 11.9 Å². The minimum Gasteiger partial charge on any atom is -0.504 e. The number of rotatable bonds is 5. The highest BCUT2D eigenvalue weighted by Gasteiger charge is 2.33. The van der Waals surface area contributed by atoms with E-state index in [0.717, 1.165) is 6.07 Å². The quantitative estimate of drug-likeness (QED) is 0.448. The van der Waals surface area contributed by atoms with E-state index in [2.05, 4.69) is 20.5 Å². The summed E-state index contributed by atoms with van der Waals surface area (Å²) >= 11 is 5.82. The average Bonchev–Trinajstić information content (AvgIpc) is 2.69. The van der Waals surface area contributed by atoms with Gasteiger partial charge in [-0.2, -0.15) is 18.3 Å². The second kappa shape index (κ2) is 8.36. The molecular weight excluding hydrogens is 409 g/mol. The topological polar surface area (TPSA) is 79.6 Å². The normalized spacial score (nSPS) is 11.6. The van der Waals surface area contributed by atoms with Crippen molar-refractivity contribution in [2.45, 2.75) is 6.18 Å². The molecule has 0 radical (unpaired) electrons. The van der Waals surface area contributed by atoms with Gasteiger partial charge in [-0.15, -0.1) is 0 Å². The molecule has 0 fully saturated rings. The van der Waals surface area contributed by atoms with Crippen LogP contribution in [0.15, 0.2) is 53.6 Å². The maximum atomic E-state index is 13.2. The Hall–Kier alpha value is -3.33. The van der Waals surface area contributed by atoms with Gasteiger partial charge in [0, 0.05) is 16.1 Å². The fraction of sp³-hybridized carbons (Fsp3) is 0.105. The second-order valence-corrected chi connectivity index (χ2v) is 6.17. The van der Waals surface area contributed by atoms with Crippen molar-refractivity contribution in [2.24, 2.45) is 5.10 Å². The number of anilines is 1. The highest BCUT2D eigenvalue weighted by atomic mass is 35.5. The molecule has 0 aliphatic rings. The molecule has 2 N–H and O–H groups in total. The summed E-state index contributed by atoms with van der Waals surface area (Å²) in [6.07, 6.45) is -3.46. The van der Waals surface area contributed by atoms with Crippen molar-refractivity contribution in [3.8, 4) is 22.8 Å². The zero-order chi connectivity index (χ0) is 21.0. The molecule has 1 aromatic heterocycles. The van der Waals surface area contributed by atoms with Gasteiger partial charge >= 0.3 is 6.18 Å². The highest BCUT2D eigenvalue weighted by Crippen LogP contribution is 2.31. The second-order valence-electron chi connectivity index (χ2n) is 5.73. The van der Waals surface area contributed by atoms with Crippen LogP contribution < -0.4 is 10.2 Å². The first-order chi connectivity index (χ1) is 13.8. The maximum Gasteiger partial charge on any atom is 0.433 e. The molecule has 0 saturated carbocycles. The van der Waals surface area contributed by atoms with Crippen LogP contribution in [0.1, 0.15) is 11.3 Å². The molecule has 0 bridgehead atoms. The summed E-state index contributed by atoms with van der Waals surface area (Å²) in [5, 5.41) is 14.3. The van der Waals surface area contributed by atoms with Gasteiger partial charge in [0.2, 0.25) is 5.95 Å². The SMILES string of the molecule is COc1cccc(/C=N\Nc2nc(-c3ccc(Cl)cc3)cc(C(F)(F)F)n2)c1O. The summed E-state index contributed by atoms with van der Waals surface area (Å²) in [4.78, 5) is 7.53. The molecule has 0 aliphatic heterocycles. The summed E-state index contributed by atoms with van der Waals surface area (Å²) in [6.45, 7) is 0. The lowest BCUT2D eigenvalue weighted by Gasteiger charge is -2.10. The van der Waals surface area contributed by atoms with Crippen molar-refractivity contribution in [2.75, 3.05) is 12.5 Å². The van der Waals surface area contributed by atoms with E-state index in [4.69, 9.17) is 16.3 Å². The van der Waals surface area contributed by atoms with Crippen molar-refractivity contribution in [3.63, 3.8) is 0 Å². The molecule has 0 atom stereocenters. The van der Waals surface area contributed by atoms with E-state index in [1.54, 1.807) is 42.5 Å². The van der Waals surface area contributed by atoms with Crippen molar-refractivity contribution in [3.05, 3.63) is 64.8 Å². The number of phenolic OH excluding ortho intramolecular Hbond substituents is 1. The first kappa shape index (κ1) is 20.4. The molecule has 0 aliphatic carbocycles. The Morgan fingerprint density at radius 1 is 1.14 bits per heavy atom. The Balaban J connectivity index is 1.92. The largest absolute Gasteiger partial charge is 0.504 e. The van der Waals surface area contributed by atoms with E-state index in [-0.39, 0.29) is 23.1 Å². The van der Waals surface area contributed by atoms with Crippen molar-refractivity contribution >= 4 is 23.8 Å². The number of nitrogens with one attached hydrogen (secondary N) is 1. The minimum atomic E-state index is -4.67. The van der Waals surface area contributed by atoms with Crippen LogP contribution in [0, 0.1) is 0 Å². The molecule has 10 heteroatoms. The van der Waals surface area contributed by atoms with Gasteiger partial charge in [-0.05, 0) is 30.3 Å². The van der Waals surface area contributed by atoms with E-state index in [0.29, 0.717) is 16.1 Å². The van der Waals surface area contributed by atoms with Gasteiger partial charge in [0.15, 0.2) is 17.2 Å². The van der Waals surface area contributed by atoms with Crippen LogP contribution in [0.2, 0.25) is 5.02 Å². The van der Waals surface area contributed by atoms with Crippen LogP contribution >= 0.6 is 11.6 Å². The Bertz CT molecular complexity index is 1040. The van der Waals surface area contributed by atoms with E-state index in [1.807, 2.05) is 0 Å². The third-order valence-electron chi connectivity index (χ3n) is 3.77. The predicted molar refractivity (Wildman–Crippen MR) is 103 cm³/mol. The molecule has 0 saturated heterocycles. The predicted octanol–water partition coefficient (Wildman–Crippen LogP) is 4.98. The number of hydrogen-bond donors (Lipinski definition) is 2. The summed E-state index contributed by atoms with van der Waals surface area (Å²) in [5.41, 5.74) is 2.01. The fourth-order valence-electron chi connectivity index (χ4n) is 2.38. The summed E-state index contributed by atoms with van der Waals surface area (Å²) in [7, 11) is 1.39. The number of aromatic nitrogens is 2. The molecule has 1 heterocycles. The standard InChI is InChI=1S/C19H14ClF3N4O2/c1-29-15-4-2-3-12(17(15)28)10-24-27-18-25-14(9-16(26-18)19(21,22)23)11-5-7-13(20)8-6-11/h2-10,28H,1H3,(H,25,26,27)/b24-10-. The molecule has 0 unspecified atom stereocenters. The number of hydrazone groups is 1. The van der Waals surface area contributed by atoms with Crippen LogP contribution in [-0.2, 0) is 6.18 Å². The first-order valence-electron chi connectivity index (χ1n) is 8.15. The molecule has 150 valence electrons. The van der Waals surface area contributed by atoms with E-state index in [9.17, 15) is 18.3 Å². The molecule has 6 nitrogen and oxygen atoms in total. The van der Waals surface area contributed by atoms with Gasteiger partial charge in [0.1, 0.15) is 0 Å². The average molecular weight is 423 g/mol. The number of ether oxygens (including phenoxy) is 1. The Labute approximate surface area is 168 Å². The smallest absolute Gasteiger partial charge is 0.433 e. The van der Waals surface area contributed by atoms with Gasteiger partial charge in [0.25, 0.3) is 0 Å². The third kappa shape index (κ3) is 4.94. The monoisotopic (exact) mass is 422 g/mol. The lowest BCUT2D eigenvalue weighted by molar-refractivity contribution is -0.141. The lowest BCUT2D eigenvalue weighted by atomic mass is 10.1. The zero-order valence-corrected chi connectivity index (χ0v) is 15.7. The molecular formula is C19H14ClF3N4O2. The van der Waals surface area contributed by atoms with Crippen LogP contribution in [0.25, 0.3) is 11.3 Å². The molecule has 2 aromatic carbocycles. The number of alkyl halides is 3. The van der Waals surface area contributed by atoms with Gasteiger partial charge in [-0.25, -0.2) is 15.4 Å². The van der Waals surface area contributed by atoms with E-state index >= 15 is 0 Å². The van der Waals surface area contributed by atoms with Crippen LogP contribution in [0.5, 0.6) is 11.5 Å². The number of phenols is 1. The summed E-state index contributed by atoms with van der Waals surface area (Å²) in [5.74, 6) is -0.287. The van der Waals surface area contributed by atoms with Gasteiger partial charge < -0.3 is 9.84 Å². The maximum absolute atomic E-state index is 13.2. The number of nitrogens with zero attached hydrogens (tertiary/aromatic N) is 3. The highest BCUT2D eigenvalue weighted by molar-refractivity contribution is 6.30. The molecule has 3 aromatic rings. The van der Waals surface area contributed by atoms with Crippen molar-refractivity contribution in [1.29, 1.82) is 0 Å². The summed E-state index contributed by atoms with van der Waals surface area (Å²) in [6, 6.07) is 11.7. The zero-order valence-electron chi connectivity index (χ0n) is 14.9. The number of aromatic hydroxyl groups is 1. The first-order valence-corrected chi connectivity index (χ1v) is 8.53. The Morgan fingerprint density at radius 2 is 1.86 bits per heavy atom. The Morgan fingerprint density at radius 3 is 2.52 bits per heavy atom. The number of para-hydroxylation sites is 1. The molecule has 0 spiro atoms. The number of halogens is 4. The van der Waals surface area contributed by atoms with Crippen molar-refractivity contribution in [1.82, 2.24) is 9.97 Å². The molecule has 3 rings (SSSR count). The van der Waals surface area contributed by atoms with Gasteiger partial charge in [0.05, 0.1) is 19.0 Å². The molecule has 0 amide bonds. The van der Waals surface area contributed by atoms with Gasteiger partial charge in [-0.1, -0.05) is 29.8 Å². The third-order valence-corrected chi connectivity index (χ3v) is 4.03. The fourth-order valence-corrected chi connectivity index (χ4v) is 2.50. The number of hydrogen-bond acceptors (Lipinski definition) is 6. The van der Waals surface area contributed by atoms with Crippen LogP contribution in [0.3, 0.4) is 0 Å². The number of benzene rings is 2.